The van der Waals surface area contributed by atoms with E-state index in [1.54, 1.807) is 31.4 Å². The molecule has 0 aliphatic carbocycles. The number of nitrogens with two attached hydrogens (primary N) is 1. The van der Waals surface area contributed by atoms with E-state index in [9.17, 15) is 0 Å². The van der Waals surface area contributed by atoms with Crippen molar-refractivity contribution in [3.05, 3.63) is 33.2 Å². The van der Waals surface area contributed by atoms with Gasteiger partial charge in [0.05, 0.1) is 28.3 Å². The van der Waals surface area contributed by atoms with E-state index < -0.39 is 0 Å². The Morgan fingerprint density at radius 2 is 1.81 bits per heavy atom. The van der Waals surface area contributed by atoms with Gasteiger partial charge in [0, 0.05) is 6.07 Å². The van der Waals surface area contributed by atoms with E-state index in [4.69, 9.17) is 19.9 Å². The quantitative estimate of drug-likeness (QED) is 0.781. The molecule has 2 N–H and O–H groups in total. The zero-order chi connectivity index (χ0) is 15.4. The first-order valence-electron chi connectivity index (χ1n) is 6.15. The number of ether oxygens (including phenoxy) is 3. The summed E-state index contributed by atoms with van der Waals surface area (Å²) < 4.78 is 17.8. The molecule has 21 heavy (non-hydrogen) atoms. The molecule has 1 heterocycles. The Balaban J connectivity index is 2.30. The Hall–Kier alpha value is -1.47. The predicted octanol–water partition coefficient (Wildman–Crippen LogP) is 4.39. The molecule has 0 aliphatic rings. The van der Waals surface area contributed by atoms with Gasteiger partial charge in [0.15, 0.2) is 0 Å². The third-order valence-electron chi connectivity index (χ3n) is 2.57. The van der Waals surface area contributed by atoms with Crippen LogP contribution in [0.25, 0.3) is 0 Å². The van der Waals surface area contributed by atoms with Crippen LogP contribution in [0.3, 0.4) is 0 Å². The average Bonchev–Trinajstić information content (AvgIpc) is 2.46. The van der Waals surface area contributed by atoms with Gasteiger partial charge >= 0.3 is 0 Å². The summed E-state index contributed by atoms with van der Waals surface area (Å²) in [4.78, 5) is 4.23. The fourth-order valence-electron chi connectivity index (χ4n) is 1.60. The lowest BCUT2D eigenvalue weighted by atomic mass is 10.3. The Kier molecular flexibility index (Phi) is 5.30. The topological polar surface area (TPSA) is 66.6 Å². The van der Waals surface area contributed by atoms with Crippen molar-refractivity contribution in [1.29, 1.82) is 0 Å². The lowest BCUT2D eigenvalue weighted by molar-refractivity contribution is 0.323. The molecule has 0 atom stereocenters. The van der Waals surface area contributed by atoms with Crippen molar-refractivity contribution in [3.63, 3.8) is 0 Å². The van der Waals surface area contributed by atoms with Crippen molar-refractivity contribution in [1.82, 2.24) is 4.98 Å². The molecule has 112 valence electrons. The fourth-order valence-corrected chi connectivity index (χ4v) is 2.49. The number of hydrogen-bond donors (Lipinski definition) is 1. The SMILES string of the molecule is CCOc1nc(Oc2cc(Br)c(OC)cc2Br)ccc1N. The van der Waals surface area contributed by atoms with Crippen LogP contribution in [0.2, 0.25) is 0 Å². The molecule has 0 spiro atoms. The molecule has 0 fully saturated rings. The van der Waals surface area contributed by atoms with Crippen LogP contribution in [-0.4, -0.2) is 18.7 Å². The normalized spacial score (nSPS) is 10.3. The molecular formula is C14H14Br2N2O3. The van der Waals surface area contributed by atoms with E-state index in [1.165, 1.54) is 0 Å². The molecule has 1 aromatic carbocycles. The molecule has 0 saturated heterocycles. The summed E-state index contributed by atoms with van der Waals surface area (Å²) in [6.07, 6.45) is 0. The van der Waals surface area contributed by atoms with Gasteiger partial charge in [-0.3, -0.25) is 0 Å². The first-order chi connectivity index (χ1) is 10.0. The lowest BCUT2D eigenvalue weighted by Gasteiger charge is -2.12. The number of methoxy groups -OCH3 is 1. The van der Waals surface area contributed by atoms with E-state index in [0.29, 0.717) is 35.6 Å². The second-order valence-corrected chi connectivity index (χ2v) is 5.70. The van der Waals surface area contributed by atoms with Crippen LogP contribution in [0.5, 0.6) is 23.3 Å². The Labute approximate surface area is 139 Å². The maximum atomic E-state index is 5.78. The van der Waals surface area contributed by atoms with Crippen molar-refractivity contribution < 1.29 is 14.2 Å². The molecule has 2 rings (SSSR count). The number of benzene rings is 1. The van der Waals surface area contributed by atoms with E-state index in [0.717, 1.165) is 8.95 Å². The first-order valence-corrected chi connectivity index (χ1v) is 7.74. The van der Waals surface area contributed by atoms with Gasteiger partial charge in [0.1, 0.15) is 11.5 Å². The minimum Gasteiger partial charge on any atom is -0.496 e. The molecule has 0 bridgehead atoms. The number of aromatic nitrogens is 1. The van der Waals surface area contributed by atoms with E-state index in [1.807, 2.05) is 6.92 Å². The van der Waals surface area contributed by atoms with Gasteiger partial charge < -0.3 is 19.9 Å². The molecule has 0 saturated carbocycles. The zero-order valence-corrected chi connectivity index (χ0v) is 14.7. The molecule has 1 aromatic heterocycles. The van der Waals surface area contributed by atoms with Crippen molar-refractivity contribution in [2.75, 3.05) is 19.5 Å². The summed E-state index contributed by atoms with van der Waals surface area (Å²) in [5.41, 5.74) is 6.26. The first kappa shape index (κ1) is 15.9. The lowest BCUT2D eigenvalue weighted by Crippen LogP contribution is -2.00. The molecule has 0 amide bonds. The highest BCUT2D eigenvalue weighted by atomic mass is 79.9. The van der Waals surface area contributed by atoms with Gasteiger partial charge in [-0.25, -0.2) is 0 Å². The van der Waals surface area contributed by atoms with Crippen molar-refractivity contribution in [2.24, 2.45) is 0 Å². The van der Waals surface area contributed by atoms with Crippen LogP contribution >= 0.6 is 31.9 Å². The number of nitrogens with zero attached hydrogens (tertiary/aromatic N) is 1. The van der Waals surface area contributed by atoms with Crippen LogP contribution in [-0.2, 0) is 0 Å². The second-order valence-electron chi connectivity index (χ2n) is 4.00. The van der Waals surface area contributed by atoms with Crippen molar-refractivity contribution in [2.45, 2.75) is 6.92 Å². The summed E-state index contributed by atoms with van der Waals surface area (Å²) in [6.45, 7) is 2.35. The number of nitrogen functional groups attached to an aromatic ring is 1. The molecule has 0 unspecified atom stereocenters. The Morgan fingerprint density at radius 1 is 1.14 bits per heavy atom. The number of halogens is 2. The number of pyridine rings is 1. The summed E-state index contributed by atoms with van der Waals surface area (Å²) >= 11 is 6.85. The monoisotopic (exact) mass is 416 g/mol. The smallest absolute Gasteiger partial charge is 0.240 e. The van der Waals surface area contributed by atoms with Crippen LogP contribution < -0.4 is 19.9 Å². The standard InChI is InChI=1S/C14H14Br2N2O3/c1-3-20-14-10(17)4-5-13(18-14)21-12-7-8(15)11(19-2)6-9(12)16/h4-7H,3,17H2,1-2H3. The van der Waals surface area contributed by atoms with E-state index in [-0.39, 0.29) is 0 Å². The third kappa shape index (κ3) is 3.79. The third-order valence-corrected chi connectivity index (χ3v) is 3.81. The largest absolute Gasteiger partial charge is 0.496 e. The molecular weight excluding hydrogens is 404 g/mol. The van der Waals surface area contributed by atoms with Crippen LogP contribution in [0, 0.1) is 0 Å². The maximum Gasteiger partial charge on any atom is 0.240 e. The molecule has 0 radical (unpaired) electrons. The van der Waals surface area contributed by atoms with Gasteiger partial charge in [-0.1, -0.05) is 0 Å². The van der Waals surface area contributed by atoms with E-state index >= 15 is 0 Å². The predicted molar refractivity (Wildman–Crippen MR) is 88.3 cm³/mol. The van der Waals surface area contributed by atoms with E-state index in [2.05, 4.69) is 36.8 Å². The molecule has 7 heteroatoms. The average molecular weight is 418 g/mol. The van der Waals surface area contributed by atoms with Gasteiger partial charge in [0.2, 0.25) is 11.8 Å². The Morgan fingerprint density at radius 3 is 2.48 bits per heavy atom. The fraction of sp³-hybridized carbons (Fsp3) is 0.214. The Bertz CT molecular complexity index is 650. The van der Waals surface area contributed by atoms with Crippen LogP contribution in [0.15, 0.2) is 33.2 Å². The van der Waals surface area contributed by atoms with Gasteiger partial charge in [-0.05, 0) is 57.0 Å². The second kappa shape index (κ2) is 7.00. The van der Waals surface area contributed by atoms with Gasteiger partial charge in [0.25, 0.3) is 0 Å². The highest BCUT2D eigenvalue weighted by Gasteiger charge is 2.11. The minimum absolute atomic E-state index is 0.360. The van der Waals surface area contributed by atoms with Gasteiger partial charge in [-0.15, -0.1) is 0 Å². The highest BCUT2D eigenvalue weighted by molar-refractivity contribution is 9.11. The summed E-state index contributed by atoms with van der Waals surface area (Å²) in [5, 5.41) is 0. The number of rotatable bonds is 5. The minimum atomic E-state index is 0.360. The number of hydrogen-bond acceptors (Lipinski definition) is 5. The van der Waals surface area contributed by atoms with Crippen molar-refractivity contribution in [3.8, 4) is 23.3 Å². The zero-order valence-electron chi connectivity index (χ0n) is 11.5. The summed E-state index contributed by atoms with van der Waals surface area (Å²) in [5.74, 6) is 2.06. The summed E-state index contributed by atoms with van der Waals surface area (Å²) in [7, 11) is 1.60. The maximum absolute atomic E-state index is 5.78. The summed E-state index contributed by atoms with van der Waals surface area (Å²) in [6, 6.07) is 6.98. The molecule has 2 aromatic rings. The highest BCUT2D eigenvalue weighted by Crippen LogP contribution is 2.38. The van der Waals surface area contributed by atoms with Crippen LogP contribution in [0.1, 0.15) is 6.92 Å². The molecule has 0 aliphatic heterocycles. The van der Waals surface area contributed by atoms with Crippen molar-refractivity contribution >= 4 is 37.5 Å². The van der Waals surface area contributed by atoms with Gasteiger partial charge in [-0.2, -0.15) is 4.98 Å². The molecule has 5 nitrogen and oxygen atoms in total. The number of anilines is 1. The van der Waals surface area contributed by atoms with Crippen LogP contribution in [0.4, 0.5) is 5.69 Å².